The van der Waals surface area contributed by atoms with Gasteiger partial charge >= 0.3 is 12.1 Å². The highest BCUT2D eigenvalue weighted by Crippen LogP contribution is 2.45. The summed E-state index contributed by atoms with van der Waals surface area (Å²) in [5.41, 5.74) is 11.4. The number of hydrogen-bond donors (Lipinski definition) is 2. The zero-order valence-corrected chi connectivity index (χ0v) is 25.2. The zero-order chi connectivity index (χ0) is 32.1. The number of fused-ring (bicyclic) bond motifs is 3. The predicted molar refractivity (Wildman–Crippen MR) is 176 cm³/mol. The molecule has 3 N–H and O–H groups in total. The summed E-state index contributed by atoms with van der Waals surface area (Å²) < 4.78 is 6.13. The largest absolute Gasteiger partial charge is 0.480 e. The highest BCUT2D eigenvalue weighted by atomic mass is 16.6. The molecule has 5 aromatic carbocycles. The van der Waals surface area contributed by atoms with Crippen molar-refractivity contribution in [2.45, 2.75) is 37.5 Å². The Hall–Kier alpha value is -5.69. The summed E-state index contributed by atoms with van der Waals surface area (Å²) in [6, 6.07) is 40.6. The molecule has 1 atom stereocenters. The van der Waals surface area contributed by atoms with E-state index in [1.54, 1.807) is 0 Å². The van der Waals surface area contributed by atoms with E-state index in [1.807, 2.05) is 115 Å². The molecule has 0 spiro atoms. The van der Waals surface area contributed by atoms with Gasteiger partial charge in [-0.1, -0.05) is 133 Å². The monoisotopic (exact) mass is 610 g/mol. The van der Waals surface area contributed by atoms with E-state index < -0.39 is 29.6 Å². The Kier molecular flexibility index (Phi) is 8.65. The lowest BCUT2D eigenvalue weighted by Crippen LogP contribution is -2.58. The maximum absolute atomic E-state index is 14.7. The Labute approximate surface area is 267 Å². The highest BCUT2D eigenvalue weighted by Gasteiger charge is 2.50. The number of benzene rings is 5. The number of ether oxygens (including phenoxy) is 1. The lowest BCUT2D eigenvalue weighted by Gasteiger charge is -2.47. The maximum atomic E-state index is 14.7. The van der Waals surface area contributed by atoms with Gasteiger partial charge in [0, 0.05) is 6.42 Å². The van der Waals surface area contributed by atoms with Crippen LogP contribution >= 0.6 is 0 Å². The van der Waals surface area contributed by atoms with Gasteiger partial charge < -0.3 is 15.6 Å². The van der Waals surface area contributed by atoms with E-state index >= 15 is 0 Å². The minimum absolute atomic E-state index is 0.0664. The summed E-state index contributed by atoms with van der Waals surface area (Å²) in [7, 11) is 0. The molecule has 0 aromatic heterocycles. The van der Waals surface area contributed by atoms with Crippen LogP contribution in [0.4, 0.5) is 4.79 Å². The fourth-order valence-electron chi connectivity index (χ4n) is 6.66. The first-order valence-corrected chi connectivity index (χ1v) is 15.2. The number of nitrogens with zero attached hydrogens (tertiary/aromatic N) is 1. The summed E-state index contributed by atoms with van der Waals surface area (Å²) in [5, 5.41) is 10.7. The molecule has 7 heteroatoms. The third-order valence-electron chi connectivity index (χ3n) is 8.69. The van der Waals surface area contributed by atoms with E-state index in [0.29, 0.717) is 23.1 Å². The highest BCUT2D eigenvalue weighted by molar-refractivity contribution is 5.84. The van der Waals surface area contributed by atoms with Crippen molar-refractivity contribution >= 4 is 18.0 Å². The predicted octanol–water partition coefficient (Wildman–Crippen LogP) is 6.91. The molecule has 2 amide bonds. The molecule has 230 valence electrons. The van der Waals surface area contributed by atoms with Crippen LogP contribution in [-0.4, -0.2) is 34.0 Å². The van der Waals surface area contributed by atoms with Crippen LogP contribution in [0, 0.1) is 0 Å². The standard InChI is InChI=1S/C39H34N2O5/c40-36(42)24-23-35(37(43)44)41(38(45)46-26-28-14-12-22-33-32-21-11-10-13-27(32)25-34(28)33)39(29-15-4-1-5-16-29,30-17-6-2-7-18-30)31-19-8-3-9-20-31/h1-22,35H,23-26H2,(H2,40,42)(H,43,44). The average Bonchev–Trinajstić information content (AvgIpc) is 3.47. The molecule has 0 heterocycles. The Morgan fingerprint density at radius 1 is 0.717 bits per heavy atom. The average molecular weight is 611 g/mol. The fourth-order valence-corrected chi connectivity index (χ4v) is 6.66. The lowest BCUT2D eigenvalue weighted by molar-refractivity contribution is -0.144. The second kappa shape index (κ2) is 13.1. The first-order chi connectivity index (χ1) is 22.4. The van der Waals surface area contributed by atoms with E-state index in [4.69, 9.17) is 10.5 Å². The number of rotatable bonds is 11. The van der Waals surface area contributed by atoms with E-state index in [0.717, 1.165) is 22.3 Å². The first kappa shape index (κ1) is 30.3. The van der Waals surface area contributed by atoms with Crippen molar-refractivity contribution in [2.75, 3.05) is 0 Å². The number of carboxylic acid groups (broad SMARTS) is 1. The van der Waals surface area contributed by atoms with Crippen molar-refractivity contribution in [2.24, 2.45) is 5.73 Å². The van der Waals surface area contributed by atoms with Crippen molar-refractivity contribution in [3.8, 4) is 11.1 Å². The van der Waals surface area contributed by atoms with Gasteiger partial charge in [-0.3, -0.25) is 9.69 Å². The topological polar surface area (TPSA) is 110 Å². The van der Waals surface area contributed by atoms with Gasteiger partial charge in [-0.2, -0.15) is 0 Å². The van der Waals surface area contributed by atoms with E-state index in [-0.39, 0.29) is 19.4 Å². The molecule has 1 unspecified atom stereocenters. The molecule has 0 bridgehead atoms. The Morgan fingerprint density at radius 2 is 1.24 bits per heavy atom. The third kappa shape index (κ3) is 5.63. The summed E-state index contributed by atoms with van der Waals surface area (Å²) in [6.45, 7) is -0.0664. The summed E-state index contributed by atoms with van der Waals surface area (Å²) >= 11 is 0. The quantitative estimate of drug-likeness (QED) is 0.155. The first-order valence-electron chi connectivity index (χ1n) is 15.2. The lowest BCUT2D eigenvalue weighted by atomic mass is 9.74. The molecule has 5 aromatic rings. The number of hydrogen-bond acceptors (Lipinski definition) is 4. The number of carbonyl (C=O) groups is 3. The third-order valence-corrected chi connectivity index (χ3v) is 8.69. The van der Waals surface area contributed by atoms with Gasteiger partial charge in [-0.05, 0) is 57.3 Å². The molecule has 0 radical (unpaired) electrons. The molecule has 1 aliphatic carbocycles. The number of amides is 2. The van der Waals surface area contributed by atoms with E-state index in [9.17, 15) is 19.5 Å². The Balaban J connectivity index is 1.51. The van der Waals surface area contributed by atoms with Gasteiger partial charge in [-0.15, -0.1) is 0 Å². The molecule has 0 saturated carbocycles. The zero-order valence-electron chi connectivity index (χ0n) is 25.2. The number of aliphatic carboxylic acids is 1. The number of primary amides is 1. The smallest absolute Gasteiger partial charge is 0.412 e. The van der Waals surface area contributed by atoms with Crippen molar-refractivity contribution in [1.82, 2.24) is 4.90 Å². The second-order valence-corrected chi connectivity index (χ2v) is 11.4. The molecule has 0 aliphatic heterocycles. The normalized spacial score (nSPS) is 12.4. The fraction of sp³-hybridized carbons (Fsp3) is 0.154. The van der Waals surface area contributed by atoms with Crippen molar-refractivity contribution < 1.29 is 24.2 Å². The number of carbonyl (C=O) groups excluding carboxylic acids is 2. The minimum atomic E-state index is -1.47. The Bertz CT molecular complexity index is 1760. The summed E-state index contributed by atoms with van der Waals surface area (Å²) in [5.74, 6) is -1.94. The van der Waals surface area contributed by atoms with E-state index in [1.165, 1.54) is 10.5 Å². The minimum Gasteiger partial charge on any atom is -0.480 e. The number of carboxylic acids is 1. The molecule has 7 nitrogen and oxygen atoms in total. The Morgan fingerprint density at radius 3 is 1.78 bits per heavy atom. The molecule has 0 fully saturated rings. The van der Waals surface area contributed by atoms with Crippen LogP contribution in [0.5, 0.6) is 0 Å². The molecular formula is C39H34N2O5. The van der Waals surface area contributed by atoms with Crippen LogP contribution in [0.25, 0.3) is 11.1 Å². The van der Waals surface area contributed by atoms with Crippen LogP contribution in [0.3, 0.4) is 0 Å². The van der Waals surface area contributed by atoms with Crippen LogP contribution in [0.15, 0.2) is 133 Å². The maximum Gasteiger partial charge on any atom is 0.412 e. The van der Waals surface area contributed by atoms with Gasteiger partial charge in [0.1, 0.15) is 18.2 Å². The molecule has 1 aliphatic rings. The van der Waals surface area contributed by atoms with Crippen LogP contribution in [0.1, 0.15) is 46.2 Å². The van der Waals surface area contributed by atoms with Crippen LogP contribution in [-0.2, 0) is 32.9 Å². The van der Waals surface area contributed by atoms with Crippen LogP contribution < -0.4 is 5.73 Å². The van der Waals surface area contributed by atoms with Gasteiger partial charge in [-0.25, -0.2) is 9.59 Å². The molecule has 0 saturated heterocycles. The van der Waals surface area contributed by atoms with Gasteiger partial charge in [0.05, 0.1) is 0 Å². The second-order valence-electron chi connectivity index (χ2n) is 11.4. The van der Waals surface area contributed by atoms with Crippen LogP contribution in [0.2, 0.25) is 0 Å². The number of nitrogens with two attached hydrogens (primary N) is 1. The van der Waals surface area contributed by atoms with Crippen molar-refractivity contribution in [3.63, 3.8) is 0 Å². The van der Waals surface area contributed by atoms with Crippen molar-refractivity contribution in [1.29, 1.82) is 0 Å². The van der Waals surface area contributed by atoms with Gasteiger partial charge in [0.15, 0.2) is 0 Å². The molecule has 46 heavy (non-hydrogen) atoms. The van der Waals surface area contributed by atoms with Crippen molar-refractivity contribution in [3.05, 3.63) is 167 Å². The molecule has 6 rings (SSSR count). The van der Waals surface area contributed by atoms with E-state index in [2.05, 4.69) is 18.2 Å². The van der Waals surface area contributed by atoms with Gasteiger partial charge in [0.25, 0.3) is 0 Å². The molecular weight excluding hydrogens is 576 g/mol. The van der Waals surface area contributed by atoms with Gasteiger partial charge in [0.2, 0.25) is 5.91 Å². The SMILES string of the molecule is NC(=O)CCC(C(=O)O)N(C(=O)OCc1cccc2c1Cc1ccccc1-2)C(c1ccccc1)(c1ccccc1)c1ccccc1. The summed E-state index contributed by atoms with van der Waals surface area (Å²) in [4.78, 5) is 41.1. The summed E-state index contributed by atoms with van der Waals surface area (Å²) in [6.07, 6.45) is -0.563.